The maximum atomic E-state index is 13.7. The summed E-state index contributed by atoms with van der Waals surface area (Å²) in [6.07, 6.45) is -1.22. The Morgan fingerprint density at radius 1 is 1.06 bits per heavy atom. The van der Waals surface area contributed by atoms with Crippen molar-refractivity contribution in [2.45, 2.75) is 20.0 Å². The smallest absolute Gasteiger partial charge is 0.351 e. The lowest BCUT2D eigenvalue weighted by Crippen LogP contribution is -2.30. The third-order valence-corrected chi connectivity index (χ3v) is 5.64. The van der Waals surface area contributed by atoms with Crippen LogP contribution >= 0.6 is 11.3 Å². The van der Waals surface area contributed by atoms with Crippen molar-refractivity contribution >= 4 is 28.9 Å². The van der Waals surface area contributed by atoms with Crippen molar-refractivity contribution in [1.82, 2.24) is 4.98 Å². The number of aromatic nitrogens is 1. The Balaban J connectivity index is 1.73. The Labute approximate surface area is 187 Å². The SMILES string of the molecule is COc1ccc(-c2nc(C)c(C(=O)OC(C)C(=O)Nc3ccc(F)cc3F)s2)cc1OC. The van der Waals surface area contributed by atoms with Gasteiger partial charge in [-0.2, -0.15) is 0 Å². The van der Waals surface area contributed by atoms with E-state index in [0.29, 0.717) is 33.8 Å². The minimum atomic E-state index is -1.22. The molecule has 32 heavy (non-hydrogen) atoms. The van der Waals surface area contributed by atoms with Crippen molar-refractivity contribution in [3.05, 3.63) is 58.6 Å². The molecule has 168 valence electrons. The van der Waals surface area contributed by atoms with Crippen LogP contribution in [0.5, 0.6) is 11.5 Å². The van der Waals surface area contributed by atoms with E-state index in [1.54, 1.807) is 25.1 Å². The molecule has 1 heterocycles. The van der Waals surface area contributed by atoms with Crippen LogP contribution in [0, 0.1) is 18.6 Å². The van der Waals surface area contributed by atoms with Crippen LogP contribution in [-0.4, -0.2) is 37.2 Å². The van der Waals surface area contributed by atoms with E-state index in [4.69, 9.17) is 14.2 Å². The van der Waals surface area contributed by atoms with Crippen molar-refractivity contribution < 1.29 is 32.6 Å². The lowest BCUT2D eigenvalue weighted by atomic mass is 10.2. The minimum Gasteiger partial charge on any atom is -0.493 e. The molecule has 0 saturated carbocycles. The molecule has 0 radical (unpaired) electrons. The molecule has 1 N–H and O–H groups in total. The summed E-state index contributed by atoms with van der Waals surface area (Å²) in [7, 11) is 3.04. The number of halogens is 2. The summed E-state index contributed by atoms with van der Waals surface area (Å²) >= 11 is 1.10. The second kappa shape index (κ2) is 9.73. The van der Waals surface area contributed by atoms with Gasteiger partial charge in [-0.1, -0.05) is 0 Å². The molecule has 0 fully saturated rings. The molecule has 1 atom stereocenters. The molecule has 3 rings (SSSR count). The summed E-state index contributed by atoms with van der Waals surface area (Å²) in [6.45, 7) is 3.00. The summed E-state index contributed by atoms with van der Waals surface area (Å²) in [5.74, 6) is -2.14. The van der Waals surface area contributed by atoms with Crippen LogP contribution in [0.1, 0.15) is 22.3 Å². The number of nitrogens with one attached hydrogen (secondary N) is 1. The quantitative estimate of drug-likeness (QED) is 0.517. The van der Waals surface area contributed by atoms with Crippen molar-refractivity contribution in [3.63, 3.8) is 0 Å². The van der Waals surface area contributed by atoms with E-state index >= 15 is 0 Å². The maximum absolute atomic E-state index is 13.7. The first-order chi connectivity index (χ1) is 15.2. The molecule has 0 bridgehead atoms. The number of anilines is 1. The molecule has 0 aliphatic carbocycles. The normalized spacial score (nSPS) is 11.6. The second-order valence-electron chi connectivity index (χ2n) is 6.66. The number of methoxy groups -OCH3 is 2. The molecule has 0 aliphatic rings. The van der Waals surface area contributed by atoms with Crippen molar-refractivity contribution in [2.75, 3.05) is 19.5 Å². The number of hydrogen-bond acceptors (Lipinski definition) is 7. The third kappa shape index (κ3) is 5.02. The van der Waals surface area contributed by atoms with E-state index in [1.807, 2.05) is 0 Å². The number of thiazole rings is 1. The van der Waals surface area contributed by atoms with Crippen LogP contribution < -0.4 is 14.8 Å². The van der Waals surface area contributed by atoms with Gasteiger partial charge >= 0.3 is 5.97 Å². The van der Waals surface area contributed by atoms with Gasteiger partial charge in [0.2, 0.25) is 0 Å². The predicted octanol–water partition coefficient (Wildman–Crippen LogP) is 4.60. The van der Waals surface area contributed by atoms with E-state index < -0.39 is 29.6 Å². The zero-order valence-electron chi connectivity index (χ0n) is 17.7. The van der Waals surface area contributed by atoms with E-state index in [2.05, 4.69) is 10.3 Å². The molecule has 7 nitrogen and oxygen atoms in total. The summed E-state index contributed by atoms with van der Waals surface area (Å²) < 4.78 is 42.5. The highest BCUT2D eigenvalue weighted by molar-refractivity contribution is 7.17. The molecule has 10 heteroatoms. The fourth-order valence-electron chi connectivity index (χ4n) is 2.77. The first kappa shape index (κ1) is 23.1. The molecule has 0 saturated heterocycles. The number of hydrogen-bond donors (Lipinski definition) is 1. The molecular weight excluding hydrogens is 442 g/mol. The standard InChI is InChI=1S/C22H20F2N2O5S/c1-11-19(32-21(25-11)13-5-8-17(29-3)18(9-13)30-4)22(28)31-12(2)20(27)26-16-7-6-14(23)10-15(16)24/h5-10,12H,1-4H3,(H,26,27). The molecule has 0 spiro atoms. The molecular formula is C22H20F2N2O5S. The van der Waals surface area contributed by atoms with Gasteiger partial charge in [-0.25, -0.2) is 18.6 Å². The number of carbonyl (C=O) groups is 2. The molecule has 2 aromatic carbocycles. The first-order valence-electron chi connectivity index (χ1n) is 9.40. The monoisotopic (exact) mass is 462 g/mol. The highest BCUT2D eigenvalue weighted by Gasteiger charge is 2.24. The number of nitrogens with zero attached hydrogens (tertiary/aromatic N) is 1. The summed E-state index contributed by atoms with van der Waals surface area (Å²) in [4.78, 5) is 29.5. The Kier molecular flexibility index (Phi) is 7.04. The summed E-state index contributed by atoms with van der Waals surface area (Å²) in [6, 6.07) is 7.97. The number of rotatable bonds is 7. The van der Waals surface area contributed by atoms with Crippen LogP contribution in [0.25, 0.3) is 10.6 Å². The Morgan fingerprint density at radius 3 is 2.44 bits per heavy atom. The molecule has 0 aliphatic heterocycles. The number of amides is 1. The van der Waals surface area contributed by atoms with Gasteiger partial charge in [0.05, 0.1) is 25.6 Å². The van der Waals surface area contributed by atoms with Gasteiger partial charge in [0.1, 0.15) is 21.5 Å². The molecule has 3 aromatic rings. The van der Waals surface area contributed by atoms with Gasteiger partial charge in [-0.05, 0) is 44.2 Å². The zero-order valence-corrected chi connectivity index (χ0v) is 18.5. The zero-order chi connectivity index (χ0) is 23.4. The van der Waals surface area contributed by atoms with Gasteiger partial charge < -0.3 is 19.5 Å². The fraction of sp³-hybridized carbons (Fsp3) is 0.227. The maximum Gasteiger partial charge on any atom is 0.351 e. The number of carbonyl (C=O) groups excluding carboxylic acids is 2. The topological polar surface area (TPSA) is 86.8 Å². The molecule has 1 amide bonds. The fourth-order valence-corrected chi connectivity index (χ4v) is 3.72. The third-order valence-electron chi connectivity index (χ3n) is 4.45. The Hall–Kier alpha value is -3.53. The van der Waals surface area contributed by atoms with E-state index in [0.717, 1.165) is 23.5 Å². The lowest BCUT2D eigenvalue weighted by molar-refractivity contribution is -0.123. The largest absolute Gasteiger partial charge is 0.493 e. The lowest BCUT2D eigenvalue weighted by Gasteiger charge is -2.13. The van der Waals surface area contributed by atoms with E-state index in [-0.39, 0.29) is 10.6 Å². The van der Waals surface area contributed by atoms with Crippen LogP contribution in [-0.2, 0) is 9.53 Å². The number of aryl methyl sites for hydroxylation is 1. The molecule has 1 unspecified atom stereocenters. The van der Waals surface area contributed by atoms with Gasteiger partial charge in [-0.3, -0.25) is 4.79 Å². The van der Waals surface area contributed by atoms with Crippen LogP contribution in [0.3, 0.4) is 0 Å². The van der Waals surface area contributed by atoms with Crippen molar-refractivity contribution in [3.8, 4) is 22.1 Å². The van der Waals surface area contributed by atoms with Gasteiger partial charge in [0, 0.05) is 11.6 Å². The number of esters is 1. The average molecular weight is 462 g/mol. The number of ether oxygens (including phenoxy) is 3. The van der Waals surface area contributed by atoms with Crippen molar-refractivity contribution in [1.29, 1.82) is 0 Å². The van der Waals surface area contributed by atoms with Gasteiger partial charge in [0.25, 0.3) is 5.91 Å². The minimum absolute atomic E-state index is 0.219. The Morgan fingerprint density at radius 2 is 1.78 bits per heavy atom. The predicted molar refractivity (Wildman–Crippen MR) is 115 cm³/mol. The van der Waals surface area contributed by atoms with E-state index in [1.165, 1.54) is 21.1 Å². The number of benzene rings is 2. The van der Waals surface area contributed by atoms with Gasteiger partial charge in [-0.15, -0.1) is 11.3 Å². The molecule has 1 aromatic heterocycles. The summed E-state index contributed by atoms with van der Waals surface area (Å²) in [5, 5.41) is 2.82. The average Bonchev–Trinajstić information content (AvgIpc) is 3.16. The van der Waals surface area contributed by atoms with Crippen LogP contribution in [0.15, 0.2) is 36.4 Å². The van der Waals surface area contributed by atoms with E-state index in [9.17, 15) is 18.4 Å². The second-order valence-corrected chi connectivity index (χ2v) is 7.66. The summed E-state index contributed by atoms with van der Waals surface area (Å²) in [5.41, 5.74) is 0.929. The van der Waals surface area contributed by atoms with Crippen LogP contribution in [0.2, 0.25) is 0 Å². The first-order valence-corrected chi connectivity index (χ1v) is 10.2. The Bertz CT molecular complexity index is 1170. The highest BCUT2D eigenvalue weighted by atomic mass is 32.1. The van der Waals surface area contributed by atoms with Crippen molar-refractivity contribution in [2.24, 2.45) is 0 Å². The van der Waals surface area contributed by atoms with Gasteiger partial charge in [0.15, 0.2) is 17.6 Å². The highest BCUT2D eigenvalue weighted by Crippen LogP contribution is 2.35. The van der Waals surface area contributed by atoms with Crippen LogP contribution in [0.4, 0.5) is 14.5 Å².